The van der Waals surface area contributed by atoms with Crippen molar-refractivity contribution in [3.05, 3.63) is 47.7 Å². The Hall–Kier alpha value is -2.93. The highest BCUT2D eigenvalue weighted by molar-refractivity contribution is 8.13. The van der Waals surface area contributed by atoms with Gasteiger partial charge in [-0.15, -0.1) is 0 Å². The van der Waals surface area contributed by atoms with Crippen LogP contribution in [0.1, 0.15) is 23.0 Å². The first-order chi connectivity index (χ1) is 15.6. The van der Waals surface area contributed by atoms with Crippen LogP contribution in [0.25, 0.3) is 0 Å². The molecule has 1 aromatic carbocycles. The molecule has 2 aliphatic rings. The van der Waals surface area contributed by atoms with Crippen LogP contribution in [0.4, 0.5) is 23.2 Å². The number of nitrogens with zero attached hydrogens (tertiary/aromatic N) is 3. The SMILES string of the molecule is CCOc1cnc(C(=O)Nc2ccc(F)c(C34COC(C(F)(F)F)C3CSC(N)=N4)c2)cn1. The summed E-state index contributed by atoms with van der Waals surface area (Å²) in [6.07, 6.45) is -4.27. The van der Waals surface area contributed by atoms with Crippen molar-refractivity contribution >= 4 is 28.5 Å². The van der Waals surface area contributed by atoms with Gasteiger partial charge in [-0.2, -0.15) is 13.2 Å². The third-order valence-electron chi connectivity index (χ3n) is 5.35. The fourth-order valence-electron chi connectivity index (χ4n) is 3.88. The molecule has 0 bridgehead atoms. The number of carbonyl (C=O) groups excluding carboxylic acids is 1. The molecule has 3 atom stereocenters. The van der Waals surface area contributed by atoms with Crippen molar-refractivity contribution in [1.29, 1.82) is 0 Å². The Kier molecular flexibility index (Phi) is 6.18. The molecule has 1 saturated heterocycles. The number of halogens is 4. The van der Waals surface area contributed by atoms with Crippen molar-refractivity contribution in [3.63, 3.8) is 0 Å². The van der Waals surface area contributed by atoms with E-state index >= 15 is 0 Å². The number of aliphatic imine (C=N–C) groups is 1. The molecule has 1 fully saturated rings. The molecule has 0 radical (unpaired) electrons. The lowest BCUT2D eigenvalue weighted by atomic mass is 9.78. The van der Waals surface area contributed by atoms with Crippen LogP contribution in [0.15, 0.2) is 35.6 Å². The number of aromatic nitrogens is 2. The van der Waals surface area contributed by atoms with E-state index < -0.39 is 42.1 Å². The molecule has 0 aliphatic carbocycles. The van der Waals surface area contributed by atoms with E-state index in [2.05, 4.69) is 20.3 Å². The third kappa shape index (κ3) is 4.47. The second-order valence-electron chi connectivity index (χ2n) is 7.39. The molecule has 0 saturated carbocycles. The Bertz CT molecular complexity index is 1080. The summed E-state index contributed by atoms with van der Waals surface area (Å²) >= 11 is 0.960. The number of amides is 1. The number of nitrogens with one attached hydrogen (secondary N) is 1. The normalized spacial score (nSPS) is 24.7. The molecule has 1 aromatic heterocycles. The Morgan fingerprint density at radius 1 is 1.36 bits per heavy atom. The molecule has 2 aliphatic heterocycles. The zero-order valence-corrected chi connectivity index (χ0v) is 18.0. The second kappa shape index (κ2) is 8.78. The first kappa shape index (κ1) is 23.2. The molecular formula is C20H19F4N5O3S. The van der Waals surface area contributed by atoms with E-state index in [9.17, 15) is 22.4 Å². The monoisotopic (exact) mass is 485 g/mol. The lowest BCUT2D eigenvalue weighted by Gasteiger charge is -2.36. The molecule has 1 amide bonds. The van der Waals surface area contributed by atoms with Gasteiger partial charge in [0.2, 0.25) is 5.88 Å². The standard InChI is InChI=1S/C20H19F4N5O3S/c1-2-31-15-7-26-14(6-27-15)17(30)28-10-3-4-13(21)11(5-10)19-9-32-16(20(22,23)24)12(19)8-33-18(25)29-19/h3-7,12,16H,2,8-9H2,1H3,(H2,25,29)(H,28,30). The van der Waals surface area contributed by atoms with Crippen LogP contribution in [-0.4, -0.2) is 52.3 Å². The van der Waals surface area contributed by atoms with Crippen molar-refractivity contribution in [2.45, 2.75) is 24.7 Å². The fourth-order valence-corrected chi connectivity index (χ4v) is 4.91. The number of fused-ring (bicyclic) bond motifs is 1. The second-order valence-corrected chi connectivity index (χ2v) is 8.43. The van der Waals surface area contributed by atoms with Gasteiger partial charge < -0.3 is 20.5 Å². The van der Waals surface area contributed by atoms with Crippen LogP contribution in [-0.2, 0) is 10.3 Å². The molecule has 3 N–H and O–H groups in total. The van der Waals surface area contributed by atoms with Crippen molar-refractivity contribution < 1.29 is 31.8 Å². The zero-order chi connectivity index (χ0) is 23.8. The quantitative estimate of drug-likeness (QED) is 0.626. The number of benzene rings is 1. The molecular weight excluding hydrogens is 466 g/mol. The fraction of sp³-hybridized carbons (Fsp3) is 0.400. The minimum Gasteiger partial charge on any atom is -0.477 e. The van der Waals surface area contributed by atoms with Crippen LogP contribution >= 0.6 is 11.8 Å². The van der Waals surface area contributed by atoms with Crippen LogP contribution in [0.2, 0.25) is 0 Å². The lowest BCUT2D eigenvalue weighted by molar-refractivity contribution is -0.215. The molecule has 176 valence electrons. The Labute approximate surface area is 190 Å². The van der Waals surface area contributed by atoms with E-state index in [0.29, 0.717) is 6.61 Å². The number of rotatable bonds is 5. The summed E-state index contributed by atoms with van der Waals surface area (Å²) in [6, 6.07) is 3.58. The summed E-state index contributed by atoms with van der Waals surface area (Å²) in [6.45, 7) is 1.65. The van der Waals surface area contributed by atoms with E-state index in [1.54, 1.807) is 6.92 Å². The predicted octanol–water partition coefficient (Wildman–Crippen LogP) is 3.10. The summed E-state index contributed by atoms with van der Waals surface area (Å²) in [5.41, 5.74) is 4.11. The molecule has 0 spiro atoms. The Morgan fingerprint density at radius 2 is 2.15 bits per heavy atom. The third-order valence-corrected chi connectivity index (χ3v) is 6.26. The first-order valence-electron chi connectivity index (χ1n) is 9.86. The number of hydrogen-bond donors (Lipinski definition) is 2. The van der Waals surface area contributed by atoms with Gasteiger partial charge in [0.1, 0.15) is 17.1 Å². The molecule has 4 rings (SSSR count). The summed E-state index contributed by atoms with van der Waals surface area (Å²) in [5.74, 6) is -2.41. The van der Waals surface area contributed by atoms with Gasteiger partial charge in [-0.25, -0.2) is 19.4 Å². The molecule has 13 heteroatoms. The highest BCUT2D eigenvalue weighted by Gasteiger charge is 2.62. The lowest BCUT2D eigenvalue weighted by Crippen LogP contribution is -2.46. The summed E-state index contributed by atoms with van der Waals surface area (Å²) in [5, 5.41) is 2.59. The van der Waals surface area contributed by atoms with Gasteiger partial charge in [-0.05, 0) is 25.1 Å². The van der Waals surface area contributed by atoms with Crippen LogP contribution in [0.3, 0.4) is 0 Å². The molecule has 33 heavy (non-hydrogen) atoms. The van der Waals surface area contributed by atoms with Gasteiger partial charge in [0.05, 0.1) is 25.6 Å². The summed E-state index contributed by atoms with van der Waals surface area (Å²) in [4.78, 5) is 24.7. The minimum absolute atomic E-state index is 0.0296. The van der Waals surface area contributed by atoms with Gasteiger partial charge in [-0.3, -0.25) is 4.79 Å². The highest BCUT2D eigenvalue weighted by Crippen LogP contribution is 2.52. The average Bonchev–Trinajstić information content (AvgIpc) is 3.15. The summed E-state index contributed by atoms with van der Waals surface area (Å²) in [7, 11) is 0. The number of ether oxygens (including phenoxy) is 2. The van der Waals surface area contributed by atoms with Crippen molar-refractivity contribution in [1.82, 2.24) is 9.97 Å². The van der Waals surface area contributed by atoms with Gasteiger partial charge in [0, 0.05) is 22.9 Å². The first-order valence-corrected chi connectivity index (χ1v) is 10.9. The van der Waals surface area contributed by atoms with E-state index in [-0.39, 0.29) is 33.7 Å². The zero-order valence-electron chi connectivity index (χ0n) is 17.2. The molecule has 3 heterocycles. The average molecular weight is 485 g/mol. The molecule has 2 aromatic rings. The maximum Gasteiger partial charge on any atom is 0.415 e. The minimum atomic E-state index is -4.65. The van der Waals surface area contributed by atoms with Gasteiger partial charge in [0.15, 0.2) is 11.3 Å². The number of alkyl halides is 3. The predicted molar refractivity (Wildman–Crippen MR) is 113 cm³/mol. The number of carbonyl (C=O) groups is 1. The Morgan fingerprint density at radius 3 is 2.82 bits per heavy atom. The smallest absolute Gasteiger partial charge is 0.415 e. The van der Waals surface area contributed by atoms with Crippen molar-refractivity contribution in [2.24, 2.45) is 16.6 Å². The molecule has 3 unspecified atom stereocenters. The summed E-state index contributed by atoms with van der Waals surface area (Å²) < 4.78 is 65.8. The maximum absolute atomic E-state index is 14.9. The van der Waals surface area contributed by atoms with Crippen LogP contribution in [0.5, 0.6) is 5.88 Å². The van der Waals surface area contributed by atoms with Crippen molar-refractivity contribution in [3.8, 4) is 5.88 Å². The highest BCUT2D eigenvalue weighted by atomic mass is 32.2. The van der Waals surface area contributed by atoms with E-state index in [1.807, 2.05) is 0 Å². The van der Waals surface area contributed by atoms with Gasteiger partial charge in [-0.1, -0.05) is 11.8 Å². The van der Waals surface area contributed by atoms with Crippen molar-refractivity contribution in [2.75, 3.05) is 24.3 Å². The van der Waals surface area contributed by atoms with E-state index in [4.69, 9.17) is 15.2 Å². The number of hydrogen-bond acceptors (Lipinski definition) is 8. The van der Waals surface area contributed by atoms with Crippen LogP contribution in [0, 0.1) is 11.7 Å². The van der Waals surface area contributed by atoms with Gasteiger partial charge in [0.25, 0.3) is 5.91 Å². The number of thioether (sulfide) groups is 1. The largest absolute Gasteiger partial charge is 0.477 e. The van der Waals surface area contributed by atoms with Gasteiger partial charge >= 0.3 is 6.18 Å². The van der Waals surface area contributed by atoms with E-state index in [0.717, 1.165) is 17.8 Å². The van der Waals surface area contributed by atoms with Crippen LogP contribution < -0.4 is 15.8 Å². The number of anilines is 1. The van der Waals surface area contributed by atoms with E-state index in [1.165, 1.54) is 24.5 Å². The molecule has 8 nitrogen and oxygen atoms in total. The number of amidine groups is 1. The maximum atomic E-state index is 14.9. The Balaban J connectivity index is 1.65. The number of nitrogens with two attached hydrogens (primary N) is 1. The topological polar surface area (TPSA) is 112 Å².